The SMILES string of the molecule is CC(C)C[C@H](c1ccc(F)c(F)c1)N1CCNCC1.Cl.Cl. The van der Waals surface area contributed by atoms with Gasteiger partial charge in [0.25, 0.3) is 0 Å². The van der Waals surface area contributed by atoms with Crippen LogP contribution in [0, 0.1) is 17.6 Å². The van der Waals surface area contributed by atoms with Crippen molar-refractivity contribution in [3.63, 3.8) is 0 Å². The van der Waals surface area contributed by atoms with Gasteiger partial charge in [0.2, 0.25) is 0 Å². The predicted molar refractivity (Wildman–Crippen MR) is 87.5 cm³/mol. The Kier molecular flexibility index (Phi) is 9.38. The van der Waals surface area contributed by atoms with Crippen LogP contribution in [0.4, 0.5) is 8.78 Å². The average molecular weight is 341 g/mol. The molecular formula is C15H24Cl2F2N2. The number of hydrogen-bond acceptors (Lipinski definition) is 2. The number of nitrogens with zero attached hydrogens (tertiary/aromatic N) is 1. The van der Waals surface area contributed by atoms with Crippen LogP contribution in [-0.2, 0) is 0 Å². The molecule has 0 bridgehead atoms. The second kappa shape index (κ2) is 9.57. The van der Waals surface area contributed by atoms with Crippen LogP contribution in [0.25, 0.3) is 0 Å². The van der Waals surface area contributed by atoms with Crippen LogP contribution < -0.4 is 5.32 Å². The molecule has 1 fully saturated rings. The van der Waals surface area contributed by atoms with E-state index in [-0.39, 0.29) is 30.9 Å². The summed E-state index contributed by atoms with van der Waals surface area (Å²) in [5.41, 5.74) is 0.884. The minimum atomic E-state index is -0.771. The van der Waals surface area contributed by atoms with Crippen LogP contribution >= 0.6 is 24.8 Å². The lowest BCUT2D eigenvalue weighted by atomic mass is 9.95. The van der Waals surface area contributed by atoms with E-state index < -0.39 is 11.6 Å². The Morgan fingerprint density at radius 3 is 2.24 bits per heavy atom. The molecule has 0 radical (unpaired) electrons. The van der Waals surface area contributed by atoms with Gasteiger partial charge in [0.1, 0.15) is 0 Å². The highest BCUT2D eigenvalue weighted by molar-refractivity contribution is 5.85. The summed E-state index contributed by atoms with van der Waals surface area (Å²) in [5.74, 6) is -0.998. The number of piperazine rings is 1. The van der Waals surface area contributed by atoms with E-state index >= 15 is 0 Å². The molecule has 1 aliphatic rings. The monoisotopic (exact) mass is 340 g/mol. The first-order valence-corrected chi connectivity index (χ1v) is 6.97. The third-order valence-corrected chi connectivity index (χ3v) is 3.62. The van der Waals surface area contributed by atoms with Crippen LogP contribution in [0.1, 0.15) is 31.9 Å². The Morgan fingerprint density at radius 2 is 1.71 bits per heavy atom. The van der Waals surface area contributed by atoms with Crippen LogP contribution in [0.2, 0.25) is 0 Å². The van der Waals surface area contributed by atoms with Gasteiger partial charge in [-0.15, -0.1) is 24.8 Å². The number of nitrogens with one attached hydrogen (secondary N) is 1. The maximum atomic E-state index is 13.4. The molecule has 21 heavy (non-hydrogen) atoms. The Bertz CT molecular complexity index is 424. The van der Waals surface area contributed by atoms with Crippen molar-refractivity contribution in [1.29, 1.82) is 0 Å². The quantitative estimate of drug-likeness (QED) is 0.896. The van der Waals surface area contributed by atoms with Crippen molar-refractivity contribution >= 4 is 24.8 Å². The molecule has 1 atom stereocenters. The second-order valence-corrected chi connectivity index (χ2v) is 5.60. The van der Waals surface area contributed by atoms with Gasteiger partial charge in [0.05, 0.1) is 0 Å². The summed E-state index contributed by atoms with van der Waals surface area (Å²) in [5, 5.41) is 3.32. The normalized spacial score (nSPS) is 17.0. The Labute approximate surface area is 138 Å². The smallest absolute Gasteiger partial charge is 0.159 e. The molecule has 0 saturated carbocycles. The van der Waals surface area contributed by atoms with Crippen LogP contribution in [0.5, 0.6) is 0 Å². The van der Waals surface area contributed by atoms with Crippen molar-refractivity contribution < 1.29 is 8.78 Å². The van der Waals surface area contributed by atoms with E-state index in [1.54, 1.807) is 6.07 Å². The van der Waals surface area contributed by atoms with Gasteiger partial charge in [-0.1, -0.05) is 19.9 Å². The molecule has 6 heteroatoms. The van der Waals surface area contributed by atoms with E-state index in [4.69, 9.17) is 0 Å². The summed E-state index contributed by atoms with van der Waals surface area (Å²) < 4.78 is 26.5. The molecular weight excluding hydrogens is 317 g/mol. The Morgan fingerprint density at radius 1 is 1.10 bits per heavy atom. The molecule has 0 aromatic heterocycles. The summed E-state index contributed by atoms with van der Waals surface area (Å²) >= 11 is 0. The van der Waals surface area contributed by atoms with Gasteiger partial charge in [-0.2, -0.15) is 0 Å². The molecule has 0 amide bonds. The standard InChI is InChI=1S/C15H22F2N2.2ClH/c1-11(2)9-15(19-7-5-18-6-8-19)12-3-4-13(16)14(17)10-12;;/h3-4,10-11,15,18H,5-9H2,1-2H3;2*1H/t15-;;/m1../s1. The average Bonchev–Trinajstić information content (AvgIpc) is 2.40. The van der Waals surface area contributed by atoms with Gasteiger partial charge in [-0.05, 0) is 30.0 Å². The Hall–Kier alpha value is -0.420. The summed E-state index contributed by atoms with van der Waals surface area (Å²) in [4.78, 5) is 2.36. The van der Waals surface area contributed by atoms with Gasteiger partial charge in [-0.3, -0.25) is 4.90 Å². The van der Waals surface area contributed by atoms with Crippen LogP contribution in [0.3, 0.4) is 0 Å². The maximum Gasteiger partial charge on any atom is 0.159 e. The second-order valence-electron chi connectivity index (χ2n) is 5.60. The molecule has 1 heterocycles. The predicted octanol–water partition coefficient (Wildman–Crippen LogP) is 3.80. The van der Waals surface area contributed by atoms with Gasteiger partial charge >= 0.3 is 0 Å². The van der Waals surface area contributed by atoms with Gasteiger partial charge in [0.15, 0.2) is 11.6 Å². The van der Waals surface area contributed by atoms with Crippen molar-refractivity contribution in [2.24, 2.45) is 5.92 Å². The topological polar surface area (TPSA) is 15.3 Å². The molecule has 1 saturated heterocycles. The molecule has 0 aliphatic carbocycles. The molecule has 2 rings (SSSR count). The molecule has 1 aliphatic heterocycles. The molecule has 0 spiro atoms. The van der Waals surface area contributed by atoms with Crippen molar-refractivity contribution in [1.82, 2.24) is 10.2 Å². The van der Waals surface area contributed by atoms with Gasteiger partial charge in [0, 0.05) is 32.2 Å². The van der Waals surface area contributed by atoms with Crippen LogP contribution in [0.15, 0.2) is 18.2 Å². The minimum absolute atomic E-state index is 0. The lowest BCUT2D eigenvalue weighted by Gasteiger charge is -2.36. The molecule has 1 aromatic carbocycles. The van der Waals surface area contributed by atoms with E-state index in [0.717, 1.165) is 38.2 Å². The van der Waals surface area contributed by atoms with E-state index in [1.165, 1.54) is 12.1 Å². The zero-order valence-corrected chi connectivity index (χ0v) is 14.1. The number of hydrogen-bond donors (Lipinski definition) is 1. The van der Waals surface area contributed by atoms with Gasteiger partial charge < -0.3 is 5.32 Å². The number of benzene rings is 1. The van der Waals surface area contributed by atoms with Crippen LogP contribution in [-0.4, -0.2) is 31.1 Å². The van der Waals surface area contributed by atoms with E-state index in [2.05, 4.69) is 24.1 Å². The third kappa shape index (κ3) is 5.70. The van der Waals surface area contributed by atoms with Crippen molar-refractivity contribution in [2.75, 3.05) is 26.2 Å². The zero-order valence-electron chi connectivity index (χ0n) is 12.4. The molecule has 1 aromatic rings. The summed E-state index contributed by atoms with van der Waals surface area (Å²) in [7, 11) is 0. The summed E-state index contributed by atoms with van der Waals surface area (Å²) in [6.07, 6.45) is 0.963. The maximum absolute atomic E-state index is 13.4. The number of halogens is 4. The lowest BCUT2D eigenvalue weighted by Crippen LogP contribution is -2.45. The highest BCUT2D eigenvalue weighted by Crippen LogP contribution is 2.29. The summed E-state index contributed by atoms with van der Waals surface area (Å²) in [6, 6.07) is 4.48. The summed E-state index contributed by atoms with van der Waals surface area (Å²) in [6.45, 7) is 8.15. The fraction of sp³-hybridized carbons (Fsp3) is 0.600. The van der Waals surface area contributed by atoms with Crippen molar-refractivity contribution in [2.45, 2.75) is 26.3 Å². The first-order valence-electron chi connectivity index (χ1n) is 6.97. The molecule has 2 nitrogen and oxygen atoms in total. The van der Waals surface area contributed by atoms with E-state index in [1.807, 2.05) is 0 Å². The Balaban J connectivity index is 0.00000200. The largest absolute Gasteiger partial charge is 0.314 e. The van der Waals surface area contributed by atoms with Crippen molar-refractivity contribution in [3.8, 4) is 0 Å². The first-order chi connectivity index (χ1) is 9.08. The zero-order chi connectivity index (χ0) is 13.8. The fourth-order valence-electron chi connectivity index (χ4n) is 2.66. The lowest BCUT2D eigenvalue weighted by molar-refractivity contribution is 0.153. The van der Waals surface area contributed by atoms with Crippen molar-refractivity contribution in [3.05, 3.63) is 35.4 Å². The highest BCUT2D eigenvalue weighted by Gasteiger charge is 2.23. The minimum Gasteiger partial charge on any atom is -0.314 e. The molecule has 122 valence electrons. The fourth-order valence-corrected chi connectivity index (χ4v) is 2.66. The van der Waals surface area contributed by atoms with E-state index in [0.29, 0.717) is 5.92 Å². The first kappa shape index (κ1) is 20.6. The van der Waals surface area contributed by atoms with Gasteiger partial charge in [-0.25, -0.2) is 8.78 Å². The molecule has 0 unspecified atom stereocenters. The number of rotatable bonds is 4. The third-order valence-electron chi connectivity index (χ3n) is 3.62. The highest BCUT2D eigenvalue weighted by atomic mass is 35.5. The molecule has 1 N–H and O–H groups in total. The van der Waals surface area contributed by atoms with E-state index in [9.17, 15) is 8.78 Å².